The zero-order valence-electron chi connectivity index (χ0n) is 10.9. The minimum Gasteiger partial charge on any atom is -0.480 e. The monoisotopic (exact) mass is 267 g/mol. The molecule has 0 aromatic heterocycles. The Balaban J connectivity index is 2.69. The maximum atomic E-state index is 11.9. The second-order valence-corrected chi connectivity index (χ2v) is 4.13. The molecule has 0 bridgehead atoms. The van der Waals surface area contributed by atoms with E-state index in [-0.39, 0.29) is 30.9 Å². The molecule has 19 heavy (non-hydrogen) atoms. The van der Waals surface area contributed by atoms with E-state index in [1.807, 2.05) is 0 Å². The number of allylic oxidation sites excluding steroid dienone is 1. The molecule has 7 nitrogen and oxygen atoms in total. The van der Waals surface area contributed by atoms with Crippen LogP contribution in [0.1, 0.15) is 26.2 Å². The Morgan fingerprint density at radius 3 is 2.74 bits per heavy atom. The van der Waals surface area contributed by atoms with E-state index in [2.05, 4.69) is 10.4 Å². The van der Waals surface area contributed by atoms with Crippen molar-refractivity contribution in [3.05, 3.63) is 12.2 Å². The molecule has 1 aliphatic heterocycles. The first-order chi connectivity index (χ1) is 8.95. The highest BCUT2D eigenvalue weighted by Crippen LogP contribution is 2.07. The summed E-state index contributed by atoms with van der Waals surface area (Å²) in [7, 11) is 1.46. The maximum absolute atomic E-state index is 11.9. The summed E-state index contributed by atoms with van der Waals surface area (Å²) in [6.07, 6.45) is 4.02. The van der Waals surface area contributed by atoms with Gasteiger partial charge in [-0.25, -0.2) is 9.80 Å². The van der Waals surface area contributed by atoms with E-state index >= 15 is 0 Å². The largest absolute Gasteiger partial charge is 0.480 e. The van der Waals surface area contributed by atoms with Crippen molar-refractivity contribution in [1.82, 2.24) is 10.3 Å². The molecule has 1 unspecified atom stereocenters. The molecule has 0 saturated heterocycles. The van der Waals surface area contributed by atoms with Crippen LogP contribution in [0.3, 0.4) is 0 Å². The van der Waals surface area contributed by atoms with Gasteiger partial charge in [-0.2, -0.15) is 5.10 Å². The molecule has 2 amide bonds. The lowest BCUT2D eigenvalue weighted by molar-refractivity contribution is -0.141. The lowest BCUT2D eigenvalue weighted by atomic mass is 10.1. The van der Waals surface area contributed by atoms with Crippen molar-refractivity contribution in [3.63, 3.8) is 0 Å². The normalized spacial score (nSPS) is 17.3. The third-order valence-corrected chi connectivity index (χ3v) is 2.68. The zero-order chi connectivity index (χ0) is 14.4. The number of carbonyl (C=O) groups excluding carboxylic acids is 2. The average Bonchev–Trinajstić information content (AvgIpc) is 2.37. The van der Waals surface area contributed by atoms with Crippen LogP contribution in [-0.2, 0) is 14.4 Å². The van der Waals surface area contributed by atoms with Crippen LogP contribution in [0.15, 0.2) is 17.3 Å². The standard InChI is InChI=1S/C12H17N3O4/c1-3-4-5-9(12(18)19)13-11(17)8-6-7-10(16)15(2)14-8/h3-4,9H,5-7H2,1-2H3,(H,13,17)(H,18,19)/b4-3+. The van der Waals surface area contributed by atoms with E-state index < -0.39 is 17.9 Å². The number of rotatable bonds is 5. The van der Waals surface area contributed by atoms with Gasteiger partial charge in [0, 0.05) is 19.9 Å². The van der Waals surface area contributed by atoms with Crippen molar-refractivity contribution in [2.75, 3.05) is 7.05 Å². The van der Waals surface area contributed by atoms with E-state index in [0.717, 1.165) is 5.01 Å². The van der Waals surface area contributed by atoms with E-state index in [9.17, 15) is 14.4 Å². The molecule has 2 N–H and O–H groups in total. The molecule has 0 aromatic rings. The summed E-state index contributed by atoms with van der Waals surface area (Å²) in [6, 6.07) is -0.991. The minimum absolute atomic E-state index is 0.166. The fraction of sp³-hybridized carbons (Fsp3) is 0.500. The van der Waals surface area contributed by atoms with Crippen molar-refractivity contribution < 1.29 is 19.5 Å². The number of hydrazone groups is 1. The van der Waals surface area contributed by atoms with E-state index in [1.54, 1.807) is 19.1 Å². The Kier molecular flexibility index (Phi) is 5.23. The summed E-state index contributed by atoms with van der Waals surface area (Å²) >= 11 is 0. The van der Waals surface area contributed by atoms with E-state index in [1.165, 1.54) is 7.05 Å². The maximum Gasteiger partial charge on any atom is 0.326 e. The molecule has 0 aliphatic carbocycles. The van der Waals surface area contributed by atoms with Crippen LogP contribution in [-0.4, -0.2) is 46.7 Å². The predicted molar refractivity (Wildman–Crippen MR) is 68.4 cm³/mol. The van der Waals surface area contributed by atoms with Crippen molar-refractivity contribution in [3.8, 4) is 0 Å². The molecule has 7 heteroatoms. The smallest absolute Gasteiger partial charge is 0.326 e. The Hall–Kier alpha value is -2.18. The van der Waals surface area contributed by atoms with Crippen LogP contribution in [0.5, 0.6) is 0 Å². The van der Waals surface area contributed by atoms with Crippen molar-refractivity contribution in [2.24, 2.45) is 5.10 Å². The quantitative estimate of drug-likeness (QED) is 0.691. The second-order valence-electron chi connectivity index (χ2n) is 4.13. The van der Waals surface area contributed by atoms with Gasteiger partial charge in [0.25, 0.3) is 5.91 Å². The summed E-state index contributed by atoms with van der Waals surface area (Å²) in [4.78, 5) is 34.1. The van der Waals surface area contributed by atoms with Crippen LogP contribution in [0.4, 0.5) is 0 Å². The van der Waals surface area contributed by atoms with Gasteiger partial charge in [-0.3, -0.25) is 9.59 Å². The Morgan fingerprint density at radius 2 is 2.21 bits per heavy atom. The van der Waals surface area contributed by atoms with Crippen LogP contribution >= 0.6 is 0 Å². The van der Waals surface area contributed by atoms with Gasteiger partial charge in [-0.05, 0) is 13.3 Å². The summed E-state index contributed by atoms with van der Waals surface area (Å²) in [5.41, 5.74) is 0.175. The number of carboxylic acids is 1. The zero-order valence-corrected chi connectivity index (χ0v) is 10.9. The van der Waals surface area contributed by atoms with E-state index in [0.29, 0.717) is 0 Å². The van der Waals surface area contributed by atoms with Gasteiger partial charge in [0.2, 0.25) is 5.91 Å². The fourth-order valence-electron chi connectivity index (χ4n) is 1.57. The number of carboxylic acid groups (broad SMARTS) is 1. The van der Waals surface area contributed by atoms with E-state index in [4.69, 9.17) is 5.11 Å². The molecule has 0 spiro atoms. The number of hydrogen-bond acceptors (Lipinski definition) is 4. The number of nitrogens with zero attached hydrogens (tertiary/aromatic N) is 2. The number of amides is 2. The van der Waals surface area contributed by atoms with Crippen molar-refractivity contribution in [1.29, 1.82) is 0 Å². The Morgan fingerprint density at radius 1 is 1.53 bits per heavy atom. The number of nitrogens with one attached hydrogen (secondary N) is 1. The van der Waals surface area contributed by atoms with Crippen LogP contribution in [0.25, 0.3) is 0 Å². The lowest BCUT2D eigenvalue weighted by Gasteiger charge is -2.20. The first-order valence-corrected chi connectivity index (χ1v) is 5.94. The summed E-state index contributed by atoms with van der Waals surface area (Å²) in [6.45, 7) is 1.77. The number of aliphatic carboxylic acids is 1. The van der Waals surface area contributed by atoms with Gasteiger partial charge in [-0.1, -0.05) is 12.2 Å². The first-order valence-electron chi connectivity index (χ1n) is 5.94. The van der Waals surface area contributed by atoms with Gasteiger partial charge in [0.15, 0.2) is 0 Å². The molecule has 0 radical (unpaired) electrons. The van der Waals surface area contributed by atoms with Gasteiger partial charge < -0.3 is 10.4 Å². The molecule has 104 valence electrons. The predicted octanol–water partition coefficient (Wildman–Crippen LogP) is 0.130. The molecule has 1 aliphatic rings. The topological polar surface area (TPSA) is 99.1 Å². The molecule has 0 saturated carbocycles. The highest BCUT2D eigenvalue weighted by Gasteiger charge is 2.25. The van der Waals surface area contributed by atoms with Gasteiger partial charge in [0.05, 0.1) is 0 Å². The molecule has 1 atom stereocenters. The lowest BCUT2D eigenvalue weighted by Crippen LogP contribution is -2.45. The molecular weight excluding hydrogens is 250 g/mol. The molecule has 0 aromatic carbocycles. The van der Waals surface area contributed by atoms with Crippen LogP contribution in [0.2, 0.25) is 0 Å². The third kappa shape index (κ3) is 4.20. The third-order valence-electron chi connectivity index (χ3n) is 2.68. The summed E-state index contributed by atoms with van der Waals surface area (Å²) in [5.74, 6) is -1.82. The van der Waals surface area contributed by atoms with Crippen molar-refractivity contribution >= 4 is 23.5 Å². The van der Waals surface area contributed by atoms with Crippen molar-refractivity contribution in [2.45, 2.75) is 32.2 Å². The minimum atomic E-state index is -1.10. The highest BCUT2D eigenvalue weighted by atomic mass is 16.4. The highest BCUT2D eigenvalue weighted by molar-refractivity contribution is 6.39. The molecular formula is C12H17N3O4. The fourth-order valence-corrected chi connectivity index (χ4v) is 1.57. The van der Waals surface area contributed by atoms with Crippen LogP contribution in [0, 0.1) is 0 Å². The van der Waals surface area contributed by atoms with Gasteiger partial charge in [-0.15, -0.1) is 0 Å². The molecule has 0 fully saturated rings. The Labute approximate surface area is 111 Å². The SMILES string of the molecule is C/C=C/CC(NC(=O)C1=NN(C)C(=O)CC1)C(=O)O. The second kappa shape index (κ2) is 6.67. The average molecular weight is 267 g/mol. The number of hydrogen-bond donors (Lipinski definition) is 2. The summed E-state index contributed by atoms with van der Waals surface area (Å²) in [5, 5.41) is 16.3. The first kappa shape index (κ1) is 14.9. The van der Waals surface area contributed by atoms with Crippen LogP contribution < -0.4 is 5.32 Å². The number of carbonyl (C=O) groups is 3. The summed E-state index contributed by atoms with van der Waals surface area (Å²) < 4.78 is 0. The van der Waals surface area contributed by atoms with Gasteiger partial charge >= 0.3 is 5.97 Å². The van der Waals surface area contributed by atoms with Gasteiger partial charge in [0.1, 0.15) is 11.8 Å². The molecule has 1 rings (SSSR count). The molecule has 1 heterocycles. The Bertz CT molecular complexity index is 442.